The van der Waals surface area contributed by atoms with E-state index in [9.17, 15) is 0 Å². The van der Waals surface area contributed by atoms with E-state index in [-0.39, 0.29) is 17.5 Å². The van der Waals surface area contributed by atoms with Gasteiger partial charge in [-0.1, -0.05) is 107 Å². The molecule has 0 N–H and O–H groups in total. The van der Waals surface area contributed by atoms with Crippen LogP contribution in [0, 0.1) is 6.92 Å². The van der Waals surface area contributed by atoms with Crippen LogP contribution in [0.5, 0.6) is 23.0 Å². The van der Waals surface area contributed by atoms with Crippen molar-refractivity contribution in [1.82, 2.24) is 0 Å². The van der Waals surface area contributed by atoms with Gasteiger partial charge >= 0.3 is 0 Å². The van der Waals surface area contributed by atoms with E-state index in [0.717, 1.165) is 40.6 Å². The Bertz CT molecular complexity index is 2080. The number of para-hydroxylation sites is 2. The van der Waals surface area contributed by atoms with Gasteiger partial charge in [0.1, 0.15) is 31.1 Å². The summed E-state index contributed by atoms with van der Waals surface area (Å²) in [6, 6.07) is 33.9. The fourth-order valence-electron chi connectivity index (χ4n) is 8.87. The van der Waals surface area contributed by atoms with Gasteiger partial charge in [0.15, 0.2) is 0 Å². The van der Waals surface area contributed by atoms with E-state index in [1.165, 1.54) is 55.8 Å². The Hall–Kier alpha value is -4.22. The molecule has 0 bridgehead atoms. The molecule has 5 aromatic carbocycles. The van der Waals surface area contributed by atoms with Gasteiger partial charge < -0.3 is 14.4 Å². The second-order valence-electron chi connectivity index (χ2n) is 15.7. The smallest absolute Gasteiger partial charge is 0.260 e. The van der Waals surface area contributed by atoms with Crippen LogP contribution in [0.3, 0.4) is 0 Å². The second-order valence-corrected chi connectivity index (χ2v) is 20.0. The first kappa shape index (κ1) is 28.0. The molecular formula is C41H40BNO2Si. The van der Waals surface area contributed by atoms with Gasteiger partial charge in [0.05, 0.1) is 5.69 Å². The number of fused-ring (bicyclic) bond motifs is 8. The molecule has 4 aliphatic rings. The van der Waals surface area contributed by atoms with E-state index in [1.54, 1.807) is 0 Å². The van der Waals surface area contributed by atoms with Crippen LogP contribution >= 0.6 is 0 Å². The van der Waals surface area contributed by atoms with E-state index < -0.39 is 8.07 Å². The highest BCUT2D eigenvalue weighted by atomic mass is 28.3. The normalized spacial score (nSPS) is 18.5. The predicted octanol–water partition coefficient (Wildman–Crippen LogP) is 7.68. The first-order chi connectivity index (χ1) is 22.0. The lowest BCUT2D eigenvalue weighted by Crippen LogP contribution is -2.59. The zero-order chi connectivity index (χ0) is 31.7. The fraction of sp³-hybridized carbons (Fsp3) is 0.268. The molecule has 5 aromatic rings. The Morgan fingerprint density at radius 3 is 2.00 bits per heavy atom. The van der Waals surface area contributed by atoms with E-state index >= 15 is 0 Å². The second kappa shape index (κ2) is 9.19. The van der Waals surface area contributed by atoms with Crippen LogP contribution < -0.4 is 41.1 Å². The molecule has 1 aliphatic carbocycles. The SMILES string of the molecule is Cc1ccc2c(c1)B1c3ccc4c(c3Oc3cc(N5c6ccccc6[Si](C)(C)c6ccccc65)cc(c31)O2)C(C)(C)CCC4(C)C. The molecule has 0 unspecified atom stereocenters. The maximum Gasteiger partial charge on any atom is 0.260 e. The average molecular weight is 618 g/mol. The van der Waals surface area contributed by atoms with E-state index in [2.05, 4.69) is 144 Å². The molecule has 0 fully saturated rings. The van der Waals surface area contributed by atoms with Gasteiger partial charge in [-0.25, -0.2) is 0 Å². The van der Waals surface area contributed by atoms with Crippen molar-refractivity contribution in [2.45, 2.75) is 71.4 Å². The molecule has 0 radical (unpaired) electrons. The van der Waals surface area contributed by atoms with Crippen LogP contribution in [0.1, 0.15) is 57.2 Å². The topological polar surface area (TPSA) is 21.7 Å². The standard InChI is InChI=1S/C41H40BNO2Si/c1-25-16-19-32-29(22-25)42-28-18-17-27-37(41(4,5)21-20-40(27,2)3)39(28)45-34-24-26(23-33(44-32)38(34)42)43-30-12-8-10-14-35(30)46(6,7)36-15-11-9-13-31(36)43/h8-19,22-24H,20-21H2,1-7H3. The van der Waals surface area contributed by atoms with Gasteiger partial charge in [-0.15, -0.1) is 0 Å². The van der Waals surface area contributed by atoms with E-state index in [1.807, 2.05) is 0 Å². The molecule has 5 heteroatoms. The fourth-order valence-corrected chi connectivity index (χ4v) is 11.9. The first-order valence-electron chi connectivity index (χ1n) is 16.8. The van der Waals surface area contributed by atoms with Crippen LogP contribution in [-0.2, 0) is 10.8 Å². The lowest BCUT2D eigenvalue weighted by atomic mass is 9.34. The summed E-state index contributed by atoms with van der Waals surface area (Å²) in [5, 5.41) is 2.90. The third-order valence-electron chi connectivity index (χ3n) is 11.5. The summed E-state index contributed by atoms with van der Waals surface area (Å²) in [6.07, 6.45) is 2.30. The molecule has 3 nitrogen and oxygen atoms in total. The summed E-state index contributed by atoms with van der Waals surface area (Å²) < 4.78 is 14.1. The van der Waals surface area contributed by atoms with Gasteiger partial charge in [-0.2, -0.15) is 0 Å². The Morgan fingerprint density at radius 2 is 1.30 bits per heavy atom. The molecule has 228 valence electrons. The molecule has 9 rings (SSSR count). The van der Waals surface area contributed by atoms with Gasteiger partial charge in [0.2, 0.25) is 0 Å². The van der Waals surface area contributed by atoms with Gasteiger partial charge in [-0.05, 0) is 75.7 Å². The summed E-state index contributed by atoms with van der Waals surface area (Å²) in [6.45, 7) is 16.7. The number of ether oxygens (including phenoxy) is 2. The molecule has 0 aromatic heterocycles. The van der Waals surface area contributed by atoms with Crippen molar-refractivity contribution in [2.24, 2.45) is 0 Å². The summed E-state index contributed by atoms with van der Waals surface area (Å²) in [4.78, 5) is 2.44. The highest BCUT2D eigenvalue weighted by Crippen LogP contribution is 2.51. The summed E-state index contributed by atoms with van der Waals surface area (Å²) in [5.41, 5.74) is 11.3. The molecule has 3 heterocycles. The number of nitrogens with zero attached hydrogens (tertiary/aromatic N) is 1. The Morgan fingerprint density at radius 1 is 0.674 bits per heavy atom. The van der Waals surface area contributed by atoms with Crippen molar-refractivity contribution < 1.29 is 9.47 Å². The number of benzene rings is 5. The first-order valence-corrected chi connectivity index (χ1v) is 19.8. The number of hydrogen-bond donors (Lipinski definition) is 0. The van der Waals surface area contributed by atoms with E-state index in [0.29, 0.717) is 0 Å². The van der Waals surface area contributed by atoms with Crippen molar-refractivity contribution in [1.29, 1.82) is 0 Å². The van der Waals surface area contributed by atoms with Crippen LogP contribution in [0.2, 0.25) is 13.1 Å². The highest BCUT2D eigenvalue weighted by Gasteiger charge is 2.47. The van der Waals surface area contributed by atoms with Crippen LogP contribution in [-0.4, -0.2) is 14.8 Å². The lowest BCUT2D eigenvalue weighted by molar-refractivity contribution is 0.320. The minimum atomic E-state index is -1.91. The van der Waals surface area contributed by atoms with Crippen LogP contribution in [0.15, 0.2) is 91.0 Å². The van der Waals surface area contributed by atoms with E-state index in [4.69, 9.17) is 9.47 Å². The third kappa shape index (κ3) is 3.72. The molecule has 46 heavy (non-hydrogen) atoms. The molecular weight excluding hydrogens is 577 g/mol. The quantitative estimate of drug-likeness (QED) is 0.177. The van der Waals surface area contributed by atoms with Gasteiger partial charge in [0.25, 0.3) is 6.71 Å². The van der Waals surface area contributed by atoms with Crippen LogP contribution in [0.25, 0.3) is 0 Å². The van der Waals surface area contributed by atoms with Crippen molar-refractivity contribution in [3.8, 4) is 23.0 Å². The third-order valence-corrected chi connectivity index (χ3v) is 15.0. The zero-order valence-corrected chi connectivity index (χ0v) is 28.9. The van der Waals surface area contributed by atoms with Crippen LogP contribution in [0.4, 0.5) is 17.1 Å². The highest BCUT2D eigenvalue weighted by molar-refractivity contribution is 7.02. The summed E-state index contributed by atoms with van der Waals surface area (Å²) in [7, 11) is -1.91. The maximum atomic E-state index is 7.25. The number of aryl methyl sites for hydroxylation is 1. The summed E-state index contributed by atoms with van der Waals surface area (Å²) in [5.74, 6) is 3.78. The van der Waals surface area contributed by atoms with Crippen molar-refractivity contribution in [2.75, 3.05) is 4.90 Å². The molecule has 0 amide bonds. The van der Waals surface area contributed by atoms with Crippen molar-refractivity contribution in [3.63, 3.8) is 0 Å². The summed E-state index contributed by atoms with van der Waals surface area (Å²) >= 11 is 0. The molecule has 0 saturated heterocycles. The lowest BCUT2D eigenvalue weighted by Gasteiger charge is -2.45. The zero-order valence-electron chi connectivity index (χ0n) is 27.9. The number of hydrogen-bond acceptors (Lipinski definition) is 3. The predicted molar refractivity (Wildman–Crippen MR) is 196 cm³/mol. The minimum Gasteiger partial charge on any atom is -0.458 e. The maximum absolute atomic E-state index is 7.25. The molecule has 3 aliphatic heterocycles. The Labute approximate surface area is 274 Å². The average Bonchev–Trinajstić information content (AvgIpc) is 3.03. The Kier molecular flexibility index (Phi) is 5.60. The van der Waals surface area contributed by atoms with Gasteiger partial charge in [0, 0.05) is 34.5 Å². The molecule has 0 atom stereocenters. The molecule has 0 spiro atoms. The monoisotopic (exact) mass is 617 g/mol. The molecule has 0 saturated carbocycles. The van der Waals surface area contributed by atoms with Crippen molar-refractivity contribution >= 4 is 58.6 Å². The van der Waals surface area contributed by atoms with Gasteiger partial charge in [-0.3, -0.25) is 0 Å². The van der Waals surface area contributed by atoms with Crippen molar-refractivity contribution in [3.05, 3.63) is 108 Å². The largest absolute Gasteiger partial charge is 0.458 e. The minimum absolute atomic E-state index is 0.00963. The Balaban J connectivity index is 1.32. The number of rotatable bonds is 1. The number of anilines is 3.